The zero-order valence-electron chi connectivity index (χ0n) is 13.5. The highest BCUT2D eigenvalue weighted by Crippen LogP contribution is 2.40. The molecule has 1 aromatic carbocycles. The summed E-state index contributed by atoms with van der Waals surface area (Å²) in [5, 5.41) is 7.29. The average Bonchev–Trinajstić information content (AvgIpc) is 3.05. The number of benzene rings is 1. The van der Waals surface area contributed by atoms with Crippen LogP contribution in [-0.4, -0.2) is 36.4 Å². The number of hydrogen-bond acceptors (Lipinski definition) is 5. The van der Waals surface area contributed by atoms with Crippen molar-refractivity contribution in [2.24, 2.45) is 0 Å². The molecule has 6 heteroatoms. The normalized spacial score (nSPS) is 18.7. The molecule has 124 valence electrons. The minimum atomic E-state index is -0.389. The van der Waals surface area contributed by atoms with Gasteiger partial charge >= 0.3 is 0 Å². The van der Waals surface area contributed by atoms with Crippen LogP contribution >= 0.6 is 0 Å². The number of likely N-dealkylation sites (N-methyl/N-ethyl adjacent to an activating group) is 1. The molecular formula is C17H22FN3O2. The van der Waals surface area contributed by atoms with Gasteiger partial charge < -0.3 is 14.6 Å². The van der Waals surface area contributed by atoms with Gasteiger partial charge in [-0.1, -0.05) is 17.3 Å². The Morgan fingerprint density at radius 3 is 2.61 bits per heavy atom. The number of hydrogen-bond donors (Lipinski definition) is 1. The molecule has 1 unspecified atom stereocenters. The lowest BCUT2D eigenvalue weighted by molar-refractivity contribution is 0.0523. The van der Waals surface area contributed by atoms with E-state index in [0.29, 0.717) is 31.3 Å². The Kier molecular flexibility index (Phi) is 4.73. The smallest absolute Gasteiger partial charge is 0.237 e. The minimum absolute atomic E-state index is 0.245. The number of ether oxygens (including phenoxy) is 1. The van der Waals surface area contributed by atoms with Gasteiger partial charge in [-0.25, -0.2) is 4.39 Å². The van der Waals surface area contributed by atoms with Crippen molar-refractivity contribution in [3.8, 4) is 0 Å². The highest BCUT2D eigenvalue weighted by atomic mass is 19.1. The third-order valence-corrected chi connectivity index (χ3v) is 4.60. The van der Waals surface area contributed by atoms with Crippen LogP contribution in [0, 0.1) is 5.82 Å². The van der Waals surface area contributed by atoms with Crippen LogP contribution < -0.4 is 5.32 Å². The number of aromatic nitrogens is 2. The Hall–Kier alpha value is -1.79. The summed E-state index contributed by atoms with van der Waals surface area (Å²) in [4.78, 5) is 4.63. The van der Waals surface area contributed by atoms with Gasteiger partial charge in [0, 0.05) is 25.7 Å². The molecule has 5 nitrogen and oxygen atoms in total. The molecule has 1 saturated heterocycles. The largest absolute Gasteiger partial charge is 0.381 e. The van der Waals surface area contributed by atoms with Gasteiger partial charge in [0.1, 0.15) is 5.82 Å². The fourth-order valence-corrected chi connectivity index (χ4v) is 3.02. The third-order valence-electron chi connectivity index (χ3n) is 4.60. The van der Waals surface area contributed by atoms with E-state index in [2.05, 4.69) is 22.4 Å². The summed E-state index contributed by atoms with van der Waals surface area (Å²) in [6, 6.07) is 6.85. The number of nitrogens with zero attached hydrogens (tertiary/aromatic N) is 2. The van der Waals surface area contributed by atoms with Crippen LogP contribution in [0.1, 0.15) is 37.0 Å². The molecule has 0 aliphatic carbocycles. The lowest BCUT2D eigenvalue weighted by atomic mass is 9.74. The summed E-state index contributed by atoms with van der Waals surface area (Å²) < 4.78 is 24.4. The molecule has 1 aliphatic rings. The van der Waals surface area contributed by atoms with Crippen molar-refractivity contribution in [3.63, 3.8) is 0 Å². The van der Waals surface area contributed by atoms with Crippen molar-refractivity contribution in [1.82, 2.24) is 15.5 Å². The van der Waals surface area contributed by atoms with E-state index in [1.165, 1.54) is 12.1 Å². The summed E-state index contributed by atoms with van der Waals surface area (Å²) in [7, 11) is 1.91. The Bertz CT molecular complexity index is 636. The monoisotopic (exact) mass is 319 g/mol. The first-order valence-electron chi connectivity index (χ1n) is 7.98. The standard InChI is InChI=1S/C17H22FN3O2/c1-12(19-2)11-15-20-16(23-21-15)17(7-9-22-10-8-17)13-3-5-14(18)6-4-13/h3-6,12,19H,7-11H2,1-2H3. The second-order valence-corrected chi connectivity index (χ2v) is 6.11. The van der Waals surface area contributed by atoms with Crippen molar-refractivity contribution in [2.45, 2.75) is 37.6 Å². The Labute approximate surface area is 135 Å². The van der Waals surface area contributed by atoms with Gasteiger partial charge in [-0.2, -0.15) is 4.98 Å². The molecule has 23 heavy (non-hydrogen) atoms. The molecule has 0 saturated carbocycles. The molecule has 1 aliphatic heterocycles. The first-order valence-corrected chi connectivity index (χ1v) is 7.98. The second-order valence-electron chi connectivity index (χ2n) is 6.11. The van der Waals surface area contributed by atoms with Gasteiger partial charge in [0.25, 0.3) is 0 Å². The molecule has 0 spiro atoms. The summed E-state index contributed by atoms with van der Waals surface area (Å²) in [5.41, 5.74) is 0.610. The molecule has 1 aromatic heterocycles. The van der Waals surface area contributed by atoms with Gasteiger partial charge in [-0.3, -0.25) is 0 Å². The van der Waals surface area contributed by atoms with Gasteiger partial charge in [0.15, 0.2) is 5.82 Å². The fraction of sp³-hybridized carbons (Fsp3) is 0.529. The van der Waals surface area contributed by atoms with Gasteiger partial charge in [-0.05, 0) is 44.5 Å². The van der Waals surface area contributed by atoms with Crippen LogP contribution in [-0.2, 0) is 16.6 Å². The Morgan fingerprint density at radius 2 is 1.96 bits per heavy atom. The molecular weight excluding hydrogens is 297 g/mol. The average molecular weight is 319 g/mol. The molecule has 3 rings (SSSR count). The van der Waals surface area contributed by atoms with E-state index in [1.54, 1.807) is 12.1 Å². The molecule has 1 atom stereocenters. The third kappa shape index (κ3) is 3.28. The van der Waals surface area contributed by atoms with Crippen molar-refractivity contribution in [2.75, 3.05) is 20.3 Å². The fourth-order valence-electron chi connectivity index (χ4n) is 3.02. The van der Waals surface area contributed by atoms with Crippen LogP contribution in [0.2, 0.25) is 0 Å². The maximum atomic E-state index is 13.3. The first-order chi connectivity index (χ1) is 11.1. The van der Waals surface area contributed by atoms with Crippen molar-refractivity contribution < 1.29 is 13.7 Å². The number of rotatable bonds is 5. The topological polar surface area (TPSA) is 60.2 Å². The molecule has 1 N–H and O–H groups in total. The molecule has 0 amide bonds. The van der Waals surface area contributed by atoms with Crippen LogP contribution in [0.4, 0.5) is 4.39 Å². The van der Waals surface area contributed by atoms with E-state index < -0.39 is 0 Å². The van der Waals surface area contributed by atoms with Crippen molar-refractivity contribution >= 4 is 0 Å². The number of halogens is 1. The molecule has 2 aromatic rings. The van der Waals surface area contributed by atoms with E-state index in [9.17, 15) is 4.39 Å². The zero-order chi connectivity index (χ0) is 16.3. The van der Waals surface area contributed by atoms with E-state index in [-0.39, 0.29) is 17.3 Å². The first kappa shape index (κ1) is 16.1. The quantitative estimate of drug-likeness (QED) is 0.917. The Morgan fingerprint density at radius 1 is 1.26 bits per heavy atom. The minimum Gasteiger partial charge on any atom is -0.381 e. The van der Waals surface area contributed by atoms with E-state index in [0.717, 1.165) is 18.4 Å². The summed E-state index contributed by atoms with van der Waals surface area (Å²) >= 11 is 0. The maximum absolute atomic E-state index is 13.3. The van der Waals surface area contributed by atoms with Crippen molar-refractivity contribution in [1.29, 1.82) is 0 Å². The van der Waals surface area contributed by atoms with Crippen LogP contribution in [0.5, 0.6) is 0 Å². The Balaban J connectivity index is 1.94. The van der Waals surface area contributed by atoms with Gasteiger partial charge in [-0.15, -0.1) is 0 Å². The van der Waals surface area contributed by atoms with E-state index in [4.69, 9.17) is 9.26 Å². The maximum Gasteiger partial charge on any atom is 0.237 e. The van der Waals surface area contributed by atoms with Gasteiger partial charge in [0.05, 0.1) is 5.41 Å². The predicted molar refractivity (Wildman–Crippen MR) is 83.8 cm³/mol. The van der Waals surface area contributed by atoms with Crippen LogP contribution in [0.25, 0.3) is 0 Å². The van der Waals surface area contributed by atoms with Gasteiger partial charge in [0.2, 0.25) is 5.89 Å². The number of nitrogens with one attached hydrogen (secondary N) is 1. The summed E-state index contributed by atoms with van der Waals surface area (Å²) in [5.74, 6) is 1.05. The zero-order valence-corrected chi connectivity index (χ0v) is 13.5. The summed E-state index contributed by atoms with van der Waals surface area (Å²) in [6.07, 6.45) is 2.21. The molecule has 0 radical (unpaired) electrons. The second kappa shape index (κ2) is 6.76. The molecule has 2 heterocycles. The predicted octanol–water partition coefficient (Wildman–Crippen LogP) is 2.46. The summed E-state index contributed by atoms with van der Waals surface area (Å²) in [6.45, 7) is 3.32. The molecule has 1 fully saturated rings. The lowest BCUT2D eigenvalue weighted by Crippen LogP contribution is -2.35. The van der Waals surface area contributed by atoms with Crippen LogP contribution in [0.15, 0.2) is 28.8 Å². The molecule has 0 bridgehead atoms. The van der Waals surface area contributed by atoms with E-state index in [1.807, 2.05) is 7.05 Å². The highest BCUT2D eigenvalue weighted by Gasteiger charge is 2.41. The lowest BCUT2D eigenvalue weighted by Gasteiger charge is -2.34. The van der Waals surface area contributed by atoms with Crippen molar-refractivity contribution in [3.05, 3.63) is 47.4 Å². The van der Waals surface area contributed by atoms with E-state index >= 15 is 0 Å². The highest BCUT2D eigenvalue weighted by molar-refractivity contribution is 5.33. The van der Waals surface area contributed by atoms with Crippen LogP contribution in [0.3, 0.4) is 0 Å². The SMILES string of the molecule is CNC(C)Cc1noc(C2(c3ccc(F)cc3)CCOCC2)n1.